The molecule has 2 aromatic carbocycles. The molecule has 3 aliphatic heterocycles. The summed E-state index contributed by atoms with van der Waals surface area (Å²) in [7, 11) is 0. The van der Waals surface area contributed by atoms with Crippen molar-refractivity contribution in [2.24, 2.45) is 11.8 Å². The predicted octanol–water partition coefficient (Wildman–Crippen LogP) is 2.46. The highest BCUT2D eigenvalue weighted by Gasteiger charge is 2.76. The lowest BCUT2D eigenvalue weighted by atomic mass is 9.70. The first kappa shape index (κ1) is 24.9. The molecule has 0 radical (unpaired) electrons. The van der Waals surface area contributed by atoms with E-state index in [1.54, 1.807) is 17.0 Å². The third kappa shape index (κ3) is 4.33. The zero-order valence-electron chi connectivity index (χ0n) is 19.8. The molecule has 3 saturated heterocycles. The molecular formula is C27H30BrN3O5. The van der Waals surface area contributed by atoms with Crippen molar-refractivity contribution in [3.63, 3.8) is 0 Å². The van der Waals surface area contributed by atoms with Gasteiger partial charge in [0, 0.05) is 30.2 Å². The second-order valence-electron chi connectivity index (χ2n) is 9.68. The van der Waals surface area contributed by atoms with E-state index in [2.05, 4.69) is 26.6 Å². The summed E-state index contributed by atoms with van der Waals surface area (Å²) in [6.07, 6.45) is 1.02. The van der Waals surface area contributed by atoms with Crippen molar-refractivity contribution >= 4 is 39.3 Å². The molecule has 5 rings (SSSR count). The highest BCUT2D eigenvalue weighted by Crippen LogP contribution is 2.60. The van der Waals surface area contributed by atoms with Crippen molar-refractivity contribution < 1.29 is 24.2 Å². The van der Waals surface area contributed by atoms with E-state index in [1.165, 1.54) is 0 Å². The zero-order chi connectivity index (χ0) is 25.3. The van der Waals surface area contributed by atoms with Gasteiger partial charge in [-0.05, 0) is 37.0 Å². The standard InChI is InChI=1S/C27H30BrN3O5/c28-19-15-27-21(20(22(19)36-27)24(33)30-18-11-5-2-6-12-18)26(35)31(13-7-8-14-32)23(27)25(34)29-16-17-9-3-1-4-10-17/h1-6,9-12,19-23,32H,7-8,13-16H2,(H,29,34)(H,30,33)/t19?,20-,21-,22-,23?,27?/m0/s1. The zero-order valence-corrected chi connectivity index (χ0v) is 21.4. The van der Waals surface area contributed by atoms with E-state index in [0.717, 1.165) is 5.56 Å². The smallest absolute Gasteiger partial charge is 0.246 e. The van der Waals surface area contributed by atoms with Crippen LogP contribution in [0.4, 0.5) is 5.69 Å². The highest BCUT2D eigenvalue weighted by molar-refractivity contribution is 9.09. The Hall–Kier alpha value is -2.75. The Morgan fingerprint density at radius 3 is 2.44 bits per heavy atom. The number of likely N-dealkylation sites (tertiary alicyclic amines) is 1. The van der Waals surface area contributed by atoms with Crippen LogP contribution >= 0.6 is 15.9 Å². The number of aliphatic hydroxyl groups excluding tert-OH is 1. The maximum atomic E-state index is 13.8. The average molecular weight is 556 g/mol. The summed E-state index contributed by atoms with van der Waals surface area (Å²) < 4.78 is 6.48. The normalized spacial score (nSPS) is 30.3. The van der Waals surface area contributed by atoms with Crippen molar-refractivity contribution in [3.8, 4) is 0 Å². The number of ether oxygens (including phenoxy) is 1. The van der Waals surface area contributed by atoms with Gasteiger partial charge in [0.05, 0.1) is 17.9 Å². The maximum Gasteiger partial charge on any atom is 0.246 e. The van der Waals surface area contributed by atoms with E-state index in [9.17, 15) is 19.5 Å². The van der Waals surface area contributed by atoms with Gasteiger partial charge in [0.15, 0.2) is 0 Å². The third-order valence-electron chi connectivity index (χ3n) is 7.50. The SMILES string of the molecule is O=C(NCc1ccccc1)C1N(CCCCO)C(=O)[C@@H]2[C@H](C(=O)Nc3ccccc3)[C@H]3OC12CC3Br. The van der Waals surface area contributed by atoms with Gasteiger partial charge in [-0.1, -0.05) is 64.5 Å². The molecule has 3 heterocycles. The summed E-state index contributed by atoms with van der Waals surface area (Å²) in [5.74, 6) is -2.27. The maximum absolute atomic E-state index is 13.8. The van der Waals surface area contributed by atoms with Crippen LogP contribution in [0.2, 0.25) is 0 Å². The topological polar surface area (TPSA) is 108 Å². The lowest BCUT2D eigenvalue weighted by Crippen LogP contribution is -2.55. The van der Waals surface area contributed by atoms with Crippen molar-refractivity contribution in [1.29, 1.82) is 0 Å². The Morgan fingerprint density at radius 2 is 1.75 bits per heavy atom. The Morgan fingerprint density at radius 1 is 1.06 bits per heavy atom. The molecule has 0 aromatic heterocycles. The fourth-order valence-electron chi connectivity index (χ4n) is 5.99. The van der Waals surface area contributed by atoms with Gasteiger partial charge in [-0.25, -0.2) is 0 Å². The molecular weight excluding hydrogens is 526 g/mol. The number of hydrogen-bond acceptors (Lipinski definition) is 5. The Balaban J connectivity index is 1.43. The van der Waals surface area contributed by atoms with Gasteiger partial charge < -0.3 is 25.4 Å². The van der Waals surface area contributed by atoms with Crippen molar-refractivity contribution in [1.82, 2.24) is 10.2 Å². The fraction of sp³-hybridized carbons (Fsp3) is 0.444. The molecule has 3 amide bonds. The van der Waals surface area contributed by atoms with Crippen LogP contribution in [0.25, 0.3) is 0 Å². The van der Waals surface area contributed by atoms with Gasteiger partial charge in [-0.15, -0.1) is 0 Å². The minimum Gasteiger partial charge on any atom is -0.396 e. The highest BCUT2D eigenvalue weighted by atomic mass is 79.9. The molecule has 0 saturated carbocycles. The Bertz CT molecular complexity index is 1120. The van der Waals surface area contributed by atoms with Crippen molar-refractivity contribution in [3.05, 3.63) is 66.2 Å². The number of carbonyl (C=O) groups excluding carboxylic acids is 3. The van der Waals surface area contributed by atoms with E-state index in [0.29, 0.717) is 38.0 Å². The van der Waals surface area contributed by atoms with Gasteiger partial charge >= 0.3 is 0 Å². The van der Waals surface area contributed by atoms with Crippen LogP contribution < -0.4 is 10.6 Å². The van der Waals surface area contributed by atoms with Gasteiger partial charge in [0.2, 0.25) is 17.7 Å². The van der Waals surface area contributed by atoms with Crippen LogP contribution in [-0.2, 0) is 25.7 Å². The lowest BCUT2D eigenvalue weighted by Gasteiger charge is -2.34. The number of aliphatic hydroxyl groups is 1. The summed E-state index contributed by atoms with van der Waals surface area (Å²) in [5, 5.41) is 15.2. The molecule has 0 aliphatic carbocycles. The summed E-state index contributed by atoms with van der Waals surface area (Å²) in [5.41, 5.74) is 0.508. The van der Waals surface area contributed by atoms with Crippen LogP contribution in [-0.4, -0.2) is 63.5 Å². The number of amides is 3. The predicted molar refractivity (Wildman–Crippen MR) is 137 cm³/mol. The van der Waals surface area contributed by atoms with Gasteiger partial charge in [-0.3, -0.25) is 14.4 Å². The van der Waals surface area contributed by atoms with Crippen LogP contribution in [0, 0.1) is 11.8 Å². The molecule has 3 N–H and O–H groups in total. The number of benzene rings is 2. The van der Waals surface area contributed by atoms with E-state index < -0.39 is 29.6 Å². The quantitative estimate of drug-likeness (QED) is 0.325. The minimum absolute atomic E-state index is 0.00558. The summed E-state index contributed by atoms with van der Waals surface area (Å²) in [6, 6.07) is 17.8. The molecule has 2 bridgehead atoms. The molecule has 3 aliphatic rings. The molecule has 3 unspecified atom stereocenters. The number of hydrogen-bond donors (Lipinski definition) is 3. The Labute approximate surface area is 218 Å². The van der Waals surface area contributed by atoms with Crippen molar-refractivity contribution in [2.75, 3.05) is 18.5 Å². The van der Waals surface area contributed by atoms with Crippen LogP contribution in [0.15, 0.2) is 60.7 Å². The summed E-state index contributed by atoms with van der Waals surface area (Å²) >= 11 is 3.68. The molecule has 3 fully saturated rings. The number of nitrogens with zero attached hydrogens (tertiary/aromatic N) is 1. The molecule has 2 aromatic rings. The number of halogens is 1. The first-order valence-corrected chi connectivity index (χ1v) is 13.3. The largest absolute Gasteiger partial charge is 0.396 e. The van der Waals surface area contributed by atoms with Gasteiger partial charge in [0.25, 0.3) is 0 Å². The molecule has 36 heavy (non-hydrogen) atoms. The molecule has 8 nitrogen and oxygen atoms in total. The molecule has 9 heteroatoms. The first-order chi connectivity index (χ1) is 17.5. The van der Waals surface area contributed by atoms with Crippen LogP contribution in [0.1, 0.15) is 24.8 Å². The number of nitrogens with one attached hydrogen (secondary N) is 2. The number of unbranched alkanes of at least 4 members (excludes halogenated alkanes) is 1. The number of alkyl halides is 1. The van der Waals surface area contributed by atoms with E-state index in [4.69, 9.17) is 4.74 Å². The summed E-state index contributed by atoms with van der Waals surface area (Å²) in [4.78, 5) is 42.4. The second kappa shape index (κ2) is 10.3. The number of fused-ring (bicyclic) bond motifs is 1. The number of anilines is 1. The van der Waals surface area contributed by atoms with Gasteiger partial charge in [-0.2, -0.15) is 0 Å². The van der Waals surface area contributed by atoms with E-state index in [-0.39, 0.29) is 29.2 Å². The van der Waals surface area contributed by atoms with E-state index in [1.807, 2.05) is 48.5 Å². The first-order valence-electron chi connectivity index (χ1n) is 12.4. The number of carbonyl (C=O) groups is 3. The summed E-state index contributed by atoms with van der Waals surface area (Å²) in [6.45, 7) is 0.648. The van der Waals surface area contributed by atoms with Gasteiger partial charge in [0.1, 0.15) is 11.6 Å². The second-order valence-corrected chi connectivity index (χ2v) is 10.9. The monoisotopic (exact) mass is 555 g/mol. The number of rotatable bonds is 9. The molecule has 190 valence electrons. The average Bonchev–Trinajstić information content (AvgIpc) is 3.47. The van der Waals surface area contributed by atoms with E-state index >= 15 is 0 Å². The molecule has 1 spiro atoms. The van der Waals surface area contributed by atoms with Crippen LogP contribution in [0.5, 0.6) is 0 Å². The third-order valence-corrected chi connectivity index (χ3v) is 8.34. The fourth-order valence-corrected chi connectivity index (χ4v) is 6.94. The minimum atomic E-state index is -1.09. The Kier molecular flexibility index (Phi) is 7.14. The number of para-hydroxylation sites is 1. The van der Waals surface area contributed by atoms with Crippen molar-refractivity contribution in [2.45, 2.75) is 48.4 Å². The lowest BCUT2D eigenvalue weighted by molar-refractivity contribution is -0.141. The molecule has 6 atom stereocenters. The van der Waals surface area contributed by atoms with Crippen LogP contribution in [0.3, 0.4) is 0 Å².